The lowest BCUT2D eigenvalue weighted by Gasteiger charge is -2.10. The van der Waals surface area contributed by atoms with Crippen molar-refractivity contribution >= 4 is 5.91 Å². The minimum absolute atomic E-state index is 0.0218. The summed E-state index contributed by atoms with van der Waals surface area (Å²) in [7, 11) is 0. The summed E-state index contributed by atoms with van der Waals surface area (Å²) in [4.78, 5) is 15.1. The number of hydroxylamine groups is 1. The van der Waals surface area contributed by atoms with Gasteiger partial charge in [-0.15, -0.1) is 0 Å². The Bertz CT molecular complexity index is 195. The summed E-state index contributed by atoms with van der Waals surface area (Å²) in [5.41, 5.74) is 2.07. The number of amides is 1. The van der Waals surface area contributed by atoms with Crippen LogP contribution in [0.3, 0.4) is 0 Å². The van der Waals surface area contributed by atoms with Gasteiger partial charge in [-0.1, -0.05) is 0 Å². The van der Waals surface area contributed by atoms with Gasteiger partial charge in [0.2, 0.25) is 5.91 Å². The second-order valence-electron chi connectivity index (χ2n) is 3.27. The number of rotatable bonds is 6. The van der Waals surface area contributed by atoms with Gasteiger partial charge in [-0.05, 0) is 13.8 Å². The molecule has 0 saturated heterocycles. The number of carbonyl (C=O) groups excluding carboxylic acids is 1. The average Bonchev–Trinajstić information content (AvgIpc) is 1.99. The molecule has 1 amide bonds. The van der Waals surface area contributed by atoms with Gasteiger partial charge in [0.15, 0.2) is 6.61 Å². The maximum atomic E-state index is 11.6. The summed E-state index contributed by atoms with van der Waals surface area (Å²) >= 11 is 0. The van der Waals surface area contributed by atoms with Gasteiger partial charge < -0.3 is 5.32 Å². The second kappa shape index (κ2) is 6.62. The second-order valence-corrected chi connectivity index (χ2v) is 3.27. The zero-order chi connectivity index (χ0) is 11.9. The van der Waals surface area contributed by atoms with Crippen LogP contribution in [0.1, 0.15) is 20.3 Å². The van der Waals surface area contributed by atoms with Gasteiger partial charge in [-0.3, -0.25) is 9.63 Å². The Morgan fingerprint density at radius 3 is 2.47 bits per heavy atom. The highest BCUT2D eigenvalue weighted by molar-refractivity contribution is 5.76. The van der Waals surface area contributed by atoms with Crippen LogP contribution in [0.4, 0.5) is 13.2 Å². The first-order chi connectivity index (χ1) is 6.81. The van der Waals surface area contributed by atoms with Crippen molar-refractivity contribution in [1.29, 1.82) is 0 Å². The van der Waals surface area contributed by atoms with Gasteiger partial charge >= 0.3 is 6.18 Å². The number of hydrogen-bond acceptors (Lipinski definition) is 3. The first kappa shape index (κ1) is 14.2. The van der Waals surface area contributed by atoms with Crippen LogP contribution in [-0.4, -0.2) is 31.3 Å². The minimum Gasteiger partial charge on any atom is -0.354 e. The van der Waals surface area contributed by atoms with Gasteiger partial charge in [0, 0.05) is 19.0 Å². The summed E-state index contributed by atoms with van der Waals surface area (Å²) in [6.07, 6.45) is -4.27. The molecule has 0 aliphatic rings. The molecule has 4 nitrogen and oxygen atoms in total. The van der Waals surface area contributed by atoms with E-state index in [2.05, 4.69) is 15.6 Å². The molecule has 0 fully saturated rings. The molecule has 0 aliphatic heterocycles. The molecule has 0 spiro atoms. The molecule has 90 valence electrons. The maximum absolute atomic E-state index is 11.6. The van der Waals surface area contributed by atoms with Crippen molar-refractivity contribution in [2.24, 2.45) is 0 Å². The van der Waals surface area contributed by atoms with Crippen LogP contribution in [-0.2, 0) is 9.63 Å². The van der Waals surface area contributed by atoms with E-state index in [1.165, 1.54) is 0 Å². The molecular formula is C8H15F3N2O2. The SMILES string of the molecule is CC(C)NC(=O)CCNOCC(F)(F)F. The molecule has 15 heavy (non-hydrogen) atoms. The maximum Gasteiger partial charge on any atom is 0.413 e. The van der Waals surface area contributed by atoms with Crippen molar-refractivity contribution in [3.05, 3.63) is 0 Å². The third-order valence-electron chi connectivity index (χ3n) is 1.24. The summed E-state index contributed by atoms with van der Waals surface area (Å²) in [5, 5.41) is 2.59. The topological polar surface area (TPSA) is 50.4 Å². The van der Waals surface area contributed by atoms with E-state index in [1.807, 2.05) is 0 Å². The van der Waals surface area contributed by atoms with E-state index < -0.39 is 12.8 Å². The zero-order valence-electron chi connectivity index (χ0n) is 8.65. The fraction of sp³-hybridized carbons (Fsp3) is 0.875. The highest BCUT2D eigenvalue weighted by Crippen LogP contribution is 2.13. The number of hydrogen-bond donors (Lipinski definition) is 2. The van der Waals surface area contributed by atoms with Crippen LogP contribution in [0.25, 0.3) is 0 Å². The number of nitrogens with one attached hydrogen (secondary N) is 2. The van der Waals surface area contributed by atoms with Crippen molar-refractivity contribution in [1.82, 2.24) is 10.8 Å². The summed E-state index contributed by atoms with van der Waals surface area (Å²) in [5.74, 6) is -0.229. The molecule has 2 N–H and O–H groups in total. The predicted octanol–water partition coefficient (Wildman–Crippen LogP) is 0.985. The number of carbonyl (C=O) groups is 1. The quantitative estimate of drug-likeness (QED) is 0.526. The molecule has 0 aromatic heterocycles. The molecular weight excluding hydrogens is 213 g/mol. The molecule has 0 heterocycles. The van der Waals surface area contributed by atoms with Crippen molar-refractivity contribution < 1.29 is 22.8 Å². The molecule has 0 radical (unpaired) electrons. The lowest BCUT2D eigenvalue weighted by atomic mass is 10.3. The van der Waals surface area contributed by atoms with E-state index in [0.717, 1.165) is 0 Å². The number of alkyl halides is 3. The molecule has 0 aromatic rings. The zero-order valence-corrected chi connectivity index (χ0v) is 8.65. The standard InChI is InChI=1S/C8H15F3N2O2/c1-6(2)13-7(14)3-4-12-15-5-8(9,10)11/h6,12H,3-5H2,1-2H3,(H,13,14). The Balaban J connectivity index is 3.35. The lowest BCUT2D eigenvalue weighted by Crippen LogP contribution is -2.33. The predicted molar refractivity (Wildman–Crippen MR) is 47.9 cm³/mol. The minimum atomic E-state index is -4.35. The van der Waals surface area contributed by atoms with Crippen LogP contribution >= 0.6 is 0 Å². The Hall–Kier alpha value is -0.820. The van der Waals surface area contributed by atoms with Crippen molar-refractivity contribution in [3.63, 3.8) is 0 Å². The van der Waals surface area contributed by atoms with E-state index in [-0.39, 0.29) is 24.9 Å². The summed E-state index contributed by atoms with van der Waals surface area (Å²) in [6.45, 7) is 2.28. The first-order valence-electron chi connectivity index (χ1n) is 4.52. The molecule has 0 saturated carbocycles. The van der Waals surface area contributed by atoms with Gasteiger partial charge in [-0.2, -0.15) is 13.2 Å². The molecule has 7 heteroatoms. The Kier molecular flexibility index (Phi) is 6.26. The van der Waals surface area contributed by atoms with Crippen LogP contribution < -0.4 is 10.8 Å². The number of halogens is 3. The van der Waals surface area contributed by atoms with Gasteiger partial charge in [0.25, 0.3) is 0 Å². The first-order valence-corrected chi connectivity index (χ1v) is 4.52. The Morgan fingerprint density at radius 2 is 2.00 bits per heavy atom. The lowest BCUT2D eigenvalue weighted by molar-refractivity contribution is -0.189. The van der Waals surface area contributed by atoms with E-state index >= 15 is 0 Å². The van der Waals surface area contributed by atoms with Crippen molar-refractivity contribution in [3.8, 4) is 0 Å². The molecule has 0 atom stereocenters. The van der Waals surface area contributed by atoms with Crippen molar-refractivity contribution in [2.75, 3.05) is 13.2 Å². The summed E-state index contributed by atoms with van der Waals surface area (Å²) < 4.78 is 34.7. The largest absolute Gasteiger partial charge is 0.413 e. The van der Waals surface area contributed by atoms with E-state index in [1.54, 1.807) is 13.8 Å². The van der Waals surface area contributed by atoms with E-state index in [9.17, 15) is 18.0 Å². The van der Waals surface area contributed by atoms with Crippen molar-refractivity contribution in [2.45, 2.75) is 32.5 Å². The molecule has 0 rings (SSSR count). The fourth-order valence-corrected chi connectivity index (χ4v) is 0.764. The average molecular weight is 228 g/mol. The fourth-order valence-electron chi connectivity index (χ4n) is 0.764. The Labute approximate surface area is 86.1 Å². The third kappa shape index (κ3) is 11.1. The highest BCUT2D eigenvalue weighted by atomic mass is 19.4. The van der Waals surface area contributed by atoms with Crippen LogP contribution in [0, 0.1) is 0 Å². The molecule has 0 bridgehead atoms. The summed E-state index contributed by atoms with van der Waals surface area (Å²) in [6, 6.07) is 0.0218. The van der Waals surface area contributed by atoms with Gasteiger partial charge in [0.05, 0.1) is 0 Å². The normalized spacial score (nSPS) is 11.9. The molecule has 0 aliphatic carbocycles. The van der Waals surface area contributed by atoms with E-state index in [4.69, 9.17) is 0 Å². The van der Waals surface area contributed by atoms with Crippen LogP contribution in [0.15, 0.2) is 0 Å². The molecule has 0 unspecified atom stereocenters. The van der Waals surface area contributed by atoms with Crippen LogP contribution in [0.5, 0.6) is 0 Å². The highest BCUT2D eigenvalue weighted by Gasteiger charge is 2.27. The molecule has 0 aromatic carbocycles. The van der Waals surface area contributed by atoms with Gasteiger partial charge in [-0.25, -0.2) is 5.48 Å². The smallest absolute Gasteiger partial charge is 0.354 e. The van der Waals surface area contributed by atoms with Gasteiger partial charge in [0.1, 0.15) is 0 Å². The Morgan fingerprint density at radius 1 is 1.40 bits per heavy atom. The third-order valence-corrected chi connectivity index (χ3v) is 1.24. The van der Waals surface area contributed by atoms with E-state index in [0.29, 0.717) is 0 Å². The van der Waals surface area contributed by atoms with Crippen LogP contribution in [0.2, 0.25) is 0 Å². The monoisotopic (exact) mass is 228 g/mol.